The lowest BCUT2D eigenvalue weighted by atomic mass is 10.1. The molecule has 0 aliphatic heterocycles. The van der Waals surface area contributed by atoms with Crippen LogP contribution in [-0.4, -0.2) is 5.11 Å². The topological polar surface area (TPSA) is 29.5 Å². The normalized spacial score (nSPS) is 10.4. The van der Waals surface area contributed by atoms with Crippen molar-refractivity contribution < 1.29 is 9.84 Å². The van der Waals surface area contributed by atoms with E-state index in [1.165, 1.54) is 5.56 Å². The van der Waals surface area contributed by atoms with Crippen LogP contribution < -0.4 is 4.74 Å². The maximum Gasteiger partial charge on any atom is 0.141 e. The van der Waals surface area contributed by atoms with E-state index < -0.39 is 0 Å². The van der Waals surface area contributed by atoms with Gasteiger partial charge in [0.25, 0.3) is 0 Å². The number of aryl methyl sites for hydroxylation is 2. The number of rotatable bonds is 3. The van der Waals surface area contributed by atoms with E-state index >= 15 is 0 Å². The molecule has 1 N–H and O–H groups in total. The zero-order chi connectivity index (χ0) is 13.1. The molecular weight excluding hydrogens is 292 g/mol. The van der Waals surface area contributed by atoms with Crippen LogP contribution in [0.2, 0.25) is 0 Å². The lowest BCUT2D eigenvalue weighted by Crippen LogP contribution is -1.93. The maximum absolute atomic E-state index is 9.34. The van der Waals surface area contributed by atoms with E-state index in [1.807, 2.05) is 50.2 Å². The molecule has 2 aromatic rings. The van der Waals surface area contributed by atoms with E-state index in [2.05, 4.69) is 15.9 Å². The summed E-state index contributed by atoms with van der Waals surface area (Å²) in [4.78, 5) is 0. The quantitative estimate of drug-likeness (QED) is 0.913. The van der Waals surface area contributed by atoms with Gasteiger partial charge in [0.2, 0.25) is 0 Å². The lowest BCUT2D eigenvalue weighted by Gasteiger charge is -2.12. The van der Waals surface area contributed by atoms with E-state index in [9.17, 15) is 5.11 Å². The Kier molecular flexibility index (Phi) is 4.04. The summed E-state index contributed by atoms with van der Waals surface area (Å²) >= 11 is 3.48. The van der Waals surface area contributed by atoms with E-state index in [0.29, 0.717) is 5.75 Å². The number of aliphatic hydroxyl groups excluding tert-OH is 1. The first kappa shape index (κ1) is 13.1. The molecule has 0 aliphatic rings. The predicted octanol–water partition coefficient (Wildman–Crippen LogP) is 4.35. The van der Waals surface area contributed by atoms with Gasteiger partial charge in [-0.15, -0.1) is 0 Å². The molecule has 0 aliphatic carbocycles. The molecule has 0 heterocycles. The average Bonchev–Trinajstić information content (AvgIpc) is 2.34. The molecule has 94 valence electrons. The molecule has 0 fully saturated rings. The summed E-state index contributed by atoms with van der Waals surface area (Å²) in [6, 6.07) is 11.7. The molecule has 0 spiro atoms. The van der Waals surface area contributed by atoms with E-state index in [4.69, 9.17) is 4.74 Å². The summed E-state index contributed by atoms with van der Waals surface area (Å²) in [5, 5.41) is 9.34. The Morgan fingerprint density at radius 3 is 2.22 bits per heavy atom. The molecular formula is C15H15BrO2. The first-order chi connectivity index (χ1) is 8.60. The number of ether oxygens (including phenoxy) is 1. The third kappa shape index (κ3) is 2.92. The Hall–Kier alpha value is -1.32. The summed E-state index contributed by atoms with van der Waals surface area (Å²) in [6.45, 7) is 3.99. The van der Waals surface area contributed by atoms with Crippen LogP contribution in [0.25, 0.3) is 0 Å². The second kappa shape index (κ2) is 5.55. The summed E-state index contributed by atoms with van der Waals surface area (Å²) in [6.07, 6.45) is 0. The minimum Gasteiger partial charge on any atom is -0.456 e. The fourth-order valence-electron chi connectivity index (χ4n) is 1.74. The summed E-state index contributed by atoms with van der Waals surface area (Å²) in [5.74, 6) is 1.44. The first-order valence-corrected chi connectivity index (χ1v) is 6.54. The standard InChI is InChI=1S/C15H15BrO2/c1-10-3-5-14(12(7-10)9-17)18-15-6-4-11(2)8-13(15)16/h3-8,17H,9H2,1-2H3. The number of hydrogen-bond acceptors (Lipinski definition) is 2. The maximum atomic E-state index is 9.34. The largest absolute Gasteiger partial charge is 0.456 e. The number of hydrogen-bond donors (Lipinski definition) is 1. The monoisotopic (exact) mass is 306 g/mol. The van der Waals surface area contributed by atoms with Crippen molar-refractivity contribution in [1.82, 2.24) is 0 Å². The second-order valence-electron chi connectivity index (χ2n) is 4.31. The molecule has 0 radical (unpaired) electrons. The molecule has 2 aromatic carbocycles. The number of halogens is 1. The minimum absolute atomic E-state index is 0.0273. The van der Waals surface area contributed by atoms with Crippen LogP contribution in [-0.2, 0) is 6.61 Å². The van der Waals surface area contributed by atoms with E-state index in [1.54, 1.807) is 0 Å². The van der Waals surface area contributed by atoms with Crippen molar-refractivity contribution in [3.63, 3.8) is 0 Å². The van der Waals surface area contributed by atoms with Gasteiger partial charge in [0, 0.05) is 5.56 Å². The van der Waals surface area contributed by atoms with Gasteiger partial charge in [0.05, 0.1) is 11.1 Å². The molecule has 0 atom stereocenters. The van der Waals surface area contributed by atoms with Gasteiger partial charge in [-0.05, 0) is 53.5 Å². The third-order valence-corrected chi connectivity index (χ3v) is 3.31. The van der Waals surface area contributed by atoms with E-state index in [-0.39, 0.29) is 6.61 Å². The fourth-order valence-corrected chi connectivity index (χ4v) is 2.31. The second-order valence-corrected chi connectivity index (χ2v) is 5.16. The van der Waals surface area contributed by atoms with Crippen molar-refractivity contribution in [2.45, 2.75) is 20.5 Å². The molecule has 0 aromatic heterocycles. The average molecular weight is 307 g/mol. The number of aliphatic hydroxyl groups is 1. The van der Waals surface area contributed by atoms with Crippen molar-refractivity contribution in [3.05, 3.63) is 57.6 Å². The molecule has 0 bridgehead atoms. The highest BCUT2D eigenvalue weighted by atomic mass is 79.9. The molecule has 2 nitrogen and oxygen atoms in total. The van der Waals surface area contributed by atoms with Crippen molar-refractivity contribution in [2.75, 3.05) is 0 Å². The summed E-state index contributed by atoms with van der Waals surface area (Å²) < 4.78 is 6.74. The van der Waals surface area contributed by atoms with Crippen LogP contribution in [0, 0.1) is 13.8 Å². The van der Waals surface area contributed by atoms with Gasteiger partial charge in [-0.1, -0.05) is 23.8 Å². The molecule has 0 saturated heterocycles. The molecule has 18 heavy (non-hydrogen) atoms. The van der Waals surface area contributed by atoms with Gasteiger partial charge in [-0.25, -0.2) is 0 Å². The lowest BCUT2D eigenvalue weighted by molar-refractivity contribution is 0.276. The van der Waals surface area contributed by atoms with Crippen LogP contribution in [0.5, 0.6) is 11.5 Å². The summed E-state index contributed by atoms with van der Waals surface area (Å²) in [5.41, 5.74) is 3.07. The zero-order valence-electron chi connectivity index (χ0n) is 10.4. The summed E-state index contributed by atoms with van der Waals surface area (Å²) in [7, 11) is 0. The van der Waals surface area contributed by atoms with Gasteiger partial charge in [0.1, 0.15) is 11.5 Å². The van der Waals surface area contributed by atoms with Gasteiger partial charge in [-0.3, -0.25) is 0 Å². The third-order valence-electron chi connectivity index (χ3n) is 2.69. The molecule has 0 amide bonds. The van der Waals surface area contributed by atoms with Crippen molar-refractivity contribution in [2.24, 2.45) is 0 Å². The van der Waals surface area contributed by atoms with Gasteiger partial charge >= 0.3 is 0 Å². The Balaban J connectivity index is 2.33. The molecule has 2 rings (SSSR count). The van der Waals surface area contributed by atoms with Crippen LogP contribution >= 0.6 is 15.9 Å². The van der Waals surface area contributed by atoms with Crippen LogP contribution in [0.1, 0.15) is 16.7 Å². The minimum atomic E-state index is -0.0273. The van der Waals surface area contributed by atoms with Crippen LogP contribution in [0.3, 0.4) is 0 Å². The Morgan fingerprint density at radius 1 is 1.00 bits per heavy atom. The highest BCUT2D eigenvalue weighted by Crippen LogP contribution is 2.32. The Morgan fingerprint density at radius 2 is 1.61 bits per heavy atom. The highest BCUT2D eigenvalue weighted by Gasteiger charge is 2.07. The highest BCUT2D eigenvalue weighted by molar-refractivity contribution is 9.10. The first-order valence-electron chi connectivity index (χ1n) is 5.74. The fraction of sp³-hybridized carbons (Fsp3) is 0.200. The zero-order valence-corrected chi connectivity index (χ0v) is 12.0. The smallest absolute Gasteiger partial charge is 0.141 e. The van der Waals surface area contributed by atoms with Crippen LogP contribution in [0.15, 0.2) is 40.9 Å². The Bertz CT molecular complexity index is 564. The Labute approximate surface area is 115 Å². The number of benzene rings is 2. The van der Waals surface area contributed by atoms with E-state index in [0.717, 1.165) is 21.3 Å². The van der Waals surface area contributed by atoms with Gasteiger partial charge < -0.3 is 9.84 Å². The van der Waals surface area contributed by atoms with Crippen LogP contribution in [0.4, 0.5) is 0 Å². The molecule has 3 heteroatoms. The molecule has 0 unspecified atom stereocenters. The van der Waals surface area contributed by atoms with Gasteiger partial charge in [-0.2, -0.15) is 0 Å². The van der Waals surface area contributed by atoms with Crippen molar-refractivity contribution in [1.29, 1.82) is 0 Å². The van der Waals surface area contributed by atoms with Gasteiger partial charge in [0.15, 0.2) is 0 Å². The SMILES string of the molecule is Cc1ccc(Oc2ccc(C)cc2CO)c(Br)c1. The van der Waals surface area contributed by atoms with Crippen molar-refractivity contribution >= 4 is 15.9 Å². The molecule has 0 saturated carbocycles. The van der Waals surface area contributed by atoms with Crippen molar-refractivity contribution in [3.8, 4) is 11.5 Å². The predicted molar refractivity (Wildman–Crippen MR) is 76.1 cm³/mol.